The van der Waals surface area contributed by atoms with Crippen LogP contribution in [0.1, 0.15) is 19.8 Å². The molecular formula is C23H22ClFN2O2. The van der Waals surface area contributed by atoms with Gasteiger partial charge in [-0.1, -0.05) is 17.7 Å². The molecule has 2 aromatic carbocycles. The molecule has 4 rings (SSSR count). The molecule has 0 amide bonds. The van der Waals surface area contributed by atoms with Crippen LogP contribution in [0, 0.1) is 5.82 Å². The zero-order valence-corrected chi connectivity index (χ0v) is 17.1. The van der Waals surface area contributed by atoms with Crippen LogP contribution >= 0.6 is 11.6 Å². The van der Waals surface area contributed by atoms with E-state index in [-0.39, 0.29) is 5.75 Å². The number of phenolic OH excluding ortho intramolecular Hbond substituents is 1. The van der Waals surface area contributed by atoms with E-state index >= 15 is 0 Å². The second-order valence-electron chi connectivity index (χ2n) is 7.26. The quantitative estimate of drug-likeness (QED) is 0.578. The van der Waals surface area contributed by atoms with E-state index in [9.17, 15) is 9.50 Å². The van der Waals surface area contributed by atoms with Gasteiger partial charge in [-0.05, 0) is 61.7 Å². The van der Waals surface area contributed by atoms with Crippen molar-refractivity contribution in [2.24, 2.45) is 0 Å². The zero-order valence-electron chi connectivity index (χ0n) is 16.3. The fourth-order valence-electron chi connectivity index (χ4n) is 3.85. The lowest BCUT2D eigenvalue weighted by Gasteiger charge is -2.24. The van der Waals surface area contributed by atoms with Crippen molar-refractivity contribution in [2.45, 2.75) is 25.8 Å². The smallest absolute Gasteiger partial charge is 0.132 e. The van der Waals surface area contributed by atoms with Gasteiger partial charge in [-0.3, -0.25) is 0 Å². The summed E-state index contributed by atoms with van der Waals surface area (Å²) < 4.78 is 19.8. The molecule has 1 aliphatic heterocycles. The SMILES string of the molecule is COc1ccc(-c2cc(-c3c(F)cccc3Cl)cc(N3CCCC3C)n2)c(O)c1. The second-order valence-corrected chi connectivity index (χ2v) is 7.67. The minimum Gasteiger partial charge on any atom is -0.507 e. The number of halogens is 2. The number of rotatable bonds is 4. The van der Waals surface area contributed by atoms with Crippen LogP contribution in [0.5, 0.6) is 11.5 Å². The minimum absolute atomic E-state index is 0.0500. The Hall–Kier alpha value is -2.79. The highest BCUT2D eigenvalue weighted by atomic mass is 35.5. The van der Waals surface area contributed by atoms with Gasteiger partial charge in [0.05, 0.1) is 17.8 Å². The van der Waals surface area contributed by atoms with Crippen molar-refractivity contribution in [1.82, 2.24) is 4.98 Å². The number of hydrogen-bond donors (Lipinski definition) is 1. The van der Waals surface area contributed by atoms with Gasteiger partial charge in [-0.25, -0.2) is 9.37 Å². The first-order valence-electron chi connectivity index (χ1n) is 9.58. The molecule has 4 nitrogen and oxygen atoms in total. The molecule has 0 bridgehead atoms. The average molecular weight is 413 g/mol. The lowest BCUT2D eigenvalue weighted by Crippen LogP contribution is -2.27. The van der Waals surface area contributed by atoms with Crippen molar-refractivity contribution in [3.63, 3.8) is 0 Å². The van der Waals surface area contributed by atoms with Crippen molar-refractivity contribution >= 4 is 17.4 Å². The summed E-state index contributed by atoms with van der Waals surface area (Å²) in [6.45, 7) is 3.04. The molecule has 1 unspecified atom stereocenters. The molecule has 1 saturated heterocycles. The summed E-state index contributed by atoms with van der Waals surface area (Å²) >= 11 is 6.33. The molecule has 0 spiro atoms. The van der Waals surface area contributed by atoms with Gasteiger partial charge in [-0.2, -0.15) is 0 Å². The molecular weight excluding hydrogens is 391 g/mol. The largest absolute Gasteiger partial charge is 0.507 e. The van der Waals surface area contributed by atoms with Crippen molar-refractivity contribution < 1.29 is 14.2 Å². The first-order chi connectivity index (χ1) is 14.0. The molecule has 1 aromatic heterocycles. The van der Waals surface area contributed by atoms with E-state index in [1.165, 1.54) is 12.1 Å². The molecule has 1 N–H and O–H groups in total. The van der Waals surface area contributed by atoms with Gasteiger partial charge in [0.25, 0.3) is 0 Å². The minimum atomic E-state index is -0.394. The summed E-state index contributed by atoms with van der Waals surface area (Å²) in [5.74, 6) is 0.952. The van der Waals surface area contributed by atoms with Gasteiger partial charge in [0.15, 0.2) is 0 Å². The number of nitrogens with zero attached hydrogens (tertiary/aromatic N) is 2. The van der Waals surface area contributed by atoms with E-state index in [1.807, 2.05) is 6.07 Å². The first-order valence-corrected chi connectivity index (χ1v) is 9.96. The maximum absolute atomic E-state index is 14.6. The Balaban J connectivity index is 1.91. The van der Waals surface area contributed by atoms with Crippen LogP contribution in [0.3, 0.4) is 0 Å². The molecule has 0 radical (unpaired) electrons. The Morgan fingerprint density at radius 2 is 2.03 bits per heavy atom. The predicted octanol–water partition coefficient (Wildman–Crippen LogP) is 5.91. The van der Waals surface area contributed by atoms with Gasteiger partial charge >= 0.3 is 0 Å². The van der Waals surface area contributed by atoms with Crippen LogP contribution in [-0.4, -0.2) is 29.8 Å². The summed E-state index contributed by atoms with van der Waals surface area (Å²) in [5.41, 5.74) is 2.06. The number of anilines is 1. The number of methoxy groups -OCH3 is 1. The van der Waals surface area contributed by atoms with Gasteiger partial charge in [0.2, 0.25) is 0 Å². The number of pyridine rings is 1. The molecule has 3 aromatic rings. The lowest BCUT2D eigenvalue weighted by molar-refractivity contribution is 0.408. The zero-order chi connectivity index (χ0) is 20.5. The molecule has 2 heterocycles. The van der Waals surface area contributed by atoms with Gasteiger partial charge in [-0.15, -0.1) is 0 Å². The maximum Gasteiger partial charge on any atom is 0.132 e. The average Bonchev–Trinajstić information content (AvgIpc) is 3.13. The maximum atomic E-state index is 14.6. The summed E-state index contributed by atoms with van der Waals surface area (Å²) in [6.07, 6.45) is 2.16. The van der Waals surface area contributed by atoms with Crippen LogP contribution in [0.25, 0.3) is 22.4 Å². The number of benzene rings is 2. The summed E-state index contributed by atoms with van der Waals surface area (Å²) in [4.78, 5) is 7.01. The predicted molar refractivity (Wildman–Crippen MR) is 114 cm³/mol. The third-order valence-corrected chi connectivity index (χ3v) is 5.71. The van der Waals surface area contributed by atoms with Gasteiger partial charge in [0, 0.05) is 29.8 Å². The molecule has 6 heteroatoms. The molecule has 150 valence electrons. The van der Waals surface area contributed by atoms with Crippen molar-refractivity contribution in [1.29, 1.82) is 0 Å². The number of aromatic nitrogens is 1. The molecule has 1 fully saturated rings. The van der Waals surface area contributed by atoms with E-state index < -0.39 is 5.82 Å². The Kier molecular flexibility index (Phi) is 5.33. The summed E-state index contributed by atoms with van der Waals surface area (Å²) in [5, 5.41) is 10.9. The molecule has 1 aliphatic rings. The monoisotopic (exact) mass is 412 g/mol. The fraction of sp³-hybridized carbons (Fsp3) is 0.261. The molecule has 29 heavy (non-hydrogen) atoms. The first kappa shape index (κ1) is 19.5. The number of phenols is 1. The van der Waals surface area contributed by atoms with Crippen molar-refractivity contribution in [2.75, 3.05) is 18.6 Å². The Morgan fingerprint density at radius 1 is 1.21 bits per heavy atom. The molecule has 0 aliphatic carbocycles. The topological polar surface area (TPSA) is 45.6 Å². The normalized spacial score (nSPS) is 16.3. The fourth-order valence-corrected chi connectivity index (χ4v) is 4.12. The van der Waals surface area contributed by atoms with Crippen LogP contribution in [0.15, 0.2) is 48.5 Å². The van der Waals surface area contributed by atoms with E-state index in [1.54, 1.807) is 37.4 Å². The Morgan fingerprint density at radius 3 is 2.69 bits per heavy atom. The van der Waals surface area contributed by atoms with Crippen LogP contribution in [0.4, 0.5) is 10.2 Å². The Labute approximate surface area is 174 Å². The van der Waals surface area contributed by atoms with Gasteiger partial charge in [0.1, 0.15) is 23.1 Å². The van der Waals surface area contributed by atoms with Crippen LogP contribution in [-0.2, 0) is 0 Å². The highest BCUT2D eigenvalue weighted by Crippen LogP contribution is 2.39. The third-order valence-electron chi connectivity index (χ3n) is 5.39. The highest BCUT2D eigenvalue weighted by Gasteiger charge is 2.24. The third kappa shape index (κ3) is 3.75. The summed E-state index contributed by atoms with van der Waals surface area (Å²) in [7, 11) is 1.54. The van der Waals surface area contributed by atoms with Crippen molar-refractivity contribution in [3.05, 3.63) is 59.4 Å². The van der Waals surface area contributed by atoms with E-state index in [2.05, 4.69) is 11.8 Å². The van der Waals surface area contributed by atoms with E-state index in [0.717, 1.165) is 25.2 Å². The second kappa shape index (κ2) is 7.91. The van der Waals surface area contributed by atoms with Crippen molar-refractivity contribution in [3.8, 4) is 33.9 Å². The number of aromatic hydroxyl groups is 1. The molecule has 0 saturated carbocycles. The van der Waals surface area contributed by atoms with E-state index in [4.69, 9.17) is 21.3 Å². The van der Waals surface area contributed by atoms with Crippen LogP contribution in [0.2, 0.25) is 5.02 Å². The summed E-state index contributed by atoms with van der Waals surface area (Å²) in [6, 6.07) is 13.7. The Bertz CT molecular complexity index is 1040. The van der Waals surface area contributed by atoms with Gasteiger partial charge < -0.3 is 14.7 Å². The lowest BCUT2D eigenvalue weighted by atomic mass is 10.0. The van der Waals surface area contributed by atoms with Crippen LogP contribution < -0.4 is 9.64 Å². The molecule has 1 atom stereocenters. The van der Waals surface area contributed by atoms with E-state index in [0.29, 0.717) is 39.2 Å². The number of hydrogen-bond acceptors (Lipinski definition) is 4. The number of ether oxygens (including phenoxy) is 1. The highest BCUT2D eigenvalue weighted by molar-refractivity contribution is 6.33. The standard InChI is InChI=1S/C23H22ClFN2O2/c1-14-5-4-10-27(14)22-12-15(23-18(24)6-3-7-19(23)25)11-20(26-22)17-9-8-16(29-2)13-21(17)28/h3,6-9,11-14,28H,4-5,10H2,1-2H3.